The van der Waals surface area contributed by atoms with Crippen LogP contribution >= 0.6 is 0 Å². The molecule has 278 valence electrons. The first-order chi connectivity index (χ1) is 25.4. The van der Waals surface area contributed by atoms with Crippen LogP contribution in [0.1, 0.15) is 68.8 Å². The molecule has 0 saturated carbocycles. The van der Waals surface area contributed by atoms with Gasteiger partial charge in [-0.15, -0.1) is 0 Å². The molecule has 10 nitrogen and oxygen atoms in total. The van der Waals surface area contributed by atoms with Gasteiger partial charge in [-0.3, -0.25) is 19.6 Å². The van der Waals surface area contributed by atoms with E-state index in [1.165, 1.54) is 35.5 Å². The third-order valence-electron chi connectivity index (χ3n) is 8.63. The zero-order valence-electron chi connectivity index (χ0n) is 31.7. The number of benzene rings is 3. The molecule has 2 amide bonds. The number of hydrogen-bond donors (Lipinski definition) is 2. The molecule has 4 N–H and O–H groups in total. The molecule has 0 spiro atoms. The van der Waals surface area contributed by atoms with E-state index >= 15 is 0 Å². The van der Waals surface area contributed by atoms with E-state index in [4.69, 9.17) is 20.9 Å². The summed E-state index contributed by atoms with van der Waals surface area (Å²) in [6.07, 6.45) is 8.21. The van der Waals surface area contributed by atoms with E-state index in [0.717, 1.165) is 43.7 Å². The van der Waals surface area contributed by atoms with Crippen LogP contribution in [0, 0.1) is 19.8 Å². The topological polar surface area (TPSA) is 137 Å². The standard InChI is InChI=1S/C23H25N3O2.C20H27N3O2/c1-17-14-19(16-26(2)13-11-18-6-4-3-5-7-18)8-9-21(17)28-22-10-12-25-15-20(22)23(24)27;1-14(2)8-10-23(4)13-16-5-6-18(15(3)11-16)25-19-7-9-22-12-17(19)20(21)24/h3-10,12,14-15H,11,13,16H2,1-2H3,(H2,24,27);5-7,9,11-12,14H,8,10,13H2,1-4H3,(H2,21,24). The number of ether oxygens (including phenoxy) is 2. The molecule has 5 rings (SSSR count). The molecule has 0 aliphatic carbocycles. The van der Waals surface area contributed by atoms with Crippen molar-refractivity contribution in [2.75, 3.05) is 27.2 Å². The van der Waals surface area contributed by atoms with Gasteiger partial charge in [-0.25, -0.2) is 0 Å². The van der Waals surface area contributed by atoms with Crippen LogP contribution < -0.4 is 20.9 Å². The van der Waals surface area contributed by atoms with E-state index in [0.29, 0.717) is 28.9 Å². The second-order valence-corrected chi connectivity index (χ2v) is 13.8. The molecule has 53 heavy (non-hydrogen) atoms. The van der Waals surface area contributed by atoms with Crippen LogP contribution in [0.5, 0.6) is 23.0 Å². The summed E-state index contributed by atoms with van der Waals surface area (Å²) in [5, 5.41) is 0. The van der Waals surface area contributed by atoms with Crippen LogP contribution in [0.15, 0.2) is 104 Å². The van der Waals surface area contributed by atoms with E-state index in [1.807, 2.05) is 38.1 Å². The Morgan fingerprint density at radius 1 is 0.642 bits per heavy atom. The van der Waals surface area contributed by atoms with Crippen molar-refractivity contribution in [3.05, 3.63) is 143 Å². The van der Waals surface area contributed by atoms with Crippen LogP contribution in [-0.4, -0.2) is 58.8 Å². The first kappa shape index (κ1) is 40.2. The molecule has 2 heterocycles. The number of nitrogens with two attached hydrogens (primary N) is 2. The predicted octanol–water partition coefficient (Wildman–Crippen LogP) is 7.71. The lowest BCUT2D eigenvalue weighted by atomic mass is 10.1. The Kier molecular flexibility index (Phi) is 15.1. The molecule has 0 aliphatic rings. The van der Waals surface area contributed by atoms with E-state index in [2.05, 4.69) is 90.2 Å². The molecule has 10 heteroatoms. The fourth-order valence-corrected chi connectivity index (χ4v) is 5.62. The number of amides is 2. The molecule has 2 aromatic heterocycles. The predicted molar refractivity (Wildman–Crippen MR) is 210 cm³/mol. The van der Waals surface area contributed by atoms with Gasteiger partial charge in [-0.05, 0) is 105 Å². The van der Waals surface area contributed by atoms with Gasteiger partial charge in [0.2, 0.25) is 0 Å². The molecule has 0 unspecified atom stereocenters. The highest BCUT2D eigenvalue weighted by atomic mass is 16.5. The summed E-state index contributed by atoms with van der Waals surface area (Å²) < 4.78 is 11.8. The van der Waals surface area contributed by atoms with Crippen molar-refractivity contribution in [1.82, 2.24) is 19.8 Å². The molecular formula is C43H52N6O4. The fourth-order valence-electron chi connectivity index (χ4n) is 5.62. The van der Waals surface area contributed by atoms with Gasteiger partial charge in [0.05, 0.1) is 0 Å². The van der Waals surface area contributed by atoms with Crippen molar-refractivity contribution in [2.24, 2.45) is 17.4 Å². The minimum Gasteiger partial charge on any atom is -0.456 e. The lowest BCUT2D eigenvalue weighted by molar-refractivity contribution is 0.0989. The SMILES string of the molecule is Cc1cc(CN(C)CCC(C)C)ccc1Oc1ccncc1C(N)=O.Cc1cc(CN(C)CCc2ccccc2)ccc1Oc1ccncc1C(N)=O. The molecule has 0 atom stereocenters. The van der Waals surface area contributed by atoms with Crippen LogP contribution in [-0.2, 0) is 19.5 Å². The van der Waals surface area contributed by atoms with Gasteiger partial charge >= 0.3 is 0 Å². The molecule has 3 aromatic carbocycles. The van der Waals surface area contributed by atoms with Crippen LogP contribution in [0.25, 0.3) is 0 Å². The fraction of sp³-hybridized carbons (Fsp3) is 0.302. The zero-order chi connectivity index (χ0) is 38.3. The van der Waals surface area contributed by atoms with E-state index in [1.54, 1.807) is 24.5 Å². The molecule has 0 saturated heterocycles. The number of aryl methyl sites for hydroxylation is 2. The number of hydrogen-bond acceptors (Lipinski definition) is 8. The van der Waals surface area contributed by atoms with Crippen molar-refractivity contribution >= 4 is 11.8 Å². The number of aromatic nitrogens is 2. The molecule has 0 radical (unpaired) electrons. The summed E-state index contributed by atoms with van der Waals surface area (Å²) in [6.45, 7) is 12.3. The maximum Gasteiger partial charge on any atom is 0.254 e. The summed E-state index contributed by atoms with van der Waals surface area (Å²) in [5.74, 6) is 1.85. The lowest BCUT2D eigenvalue weighted by Gasteiger charge is -2.19. The average molecular weight is 717 g/mol. The quantitative estimate of drug-likeness (QED) is 0.106. The van der Waals surface area contributed by atoms with Crippen molar-refractivity contribution in [3.8, 4) is 23.0 Å². The third kappa shape index (κ3) is 12.9. The summed E-state index contributed by atoms with van der Waals surface area (Å²) >= 11 is 0. The van der Waals surface area contributed by atoms with Gasteiger partial charge in [0.15, 0.2) is 0 Å². The minimum absolute atomic E-state index is 0.270. The Balaban J connectivity index is 0.000000238. The van der Waals surface area contributed by atoms with Crippen molar-refractivity contribution in [1.29, 1.82) is 0 Å². The Bertz CT molecular complexity index is 1950. The molecule has 0 aliphatic heterocycles. The smallest absolute Gasteiger partial charge is 0.254 e. The van der Waals surface area contributed by atoms with Gasteiger partial charge in [-0.2, -0.15) is 0 Å². The number of pyridine rings is 2. The number of carbonyl (C=O) groups excluding carboxylic acids is 2. The molecular weight excluding hydrogens is 665 g/mol. The summed E-state index contributed by atoms with van der Waals surface area (Å²) in [5.41, 5.74) is 17.1. The van der Waals surface area contributed by atoms with Crippen molar-refractivity contribution in [2.45, 2.75) is 53.6 Å². The lowest BCUT2D eigenvalue weighted by Crippen LogP contribution is -2.20. The Morgan fingerprint density at radius 3 is 1.55 bits per heavy atom. The van der Waals surface area contributed by atoms with Crippen LogP contribution in [0.4, 0.5) is 0 Å². The van der Waals surface area contributed by atoms with Gasteiger partial charge in [0.25, 0.3) is 11.8 Å². The number of rotatable bonds is 16. The number of carbonyl (C=O) groups is 2. The third-order valence-corrected chi connectivity index (χ3v) is 8.63. The molecule has 5 aromatic rings. The largest absolute Gasteiger partial charge is 0.456 e. The summed E-state index contributed by atoms with van der Waals surface area (Å²) in [7, 11) is 4.26. The number of likely N-dealkylation sites (N-methyl/N-ethyl adjacent to an activating group) is 1. The van der Waals surface area contributed by atoms with Crippen molar-refractivity contribution in [3.63, 3.8) is 0 Å². The van der Waals surface area contributed by atoms with Gasteiger partial charge in [0, 0.05) is 44.4 Å². The van der Waals surface area contributed by atoms with Gasteiger partial charge in [-0.1, -0.05) is 68.4 Å². The van der Waals surface area contributed by atoms with Crippen LogP contribution in [0.3, 0.4) is 0 Å². The van der Waals surface area contributed by atoms with Gasteiger partial charge in [0.1, 0.15) is 34.1 Å². The minimum atomic E-state index is -0.558. The Morgan fingerprint density at radius 2 is 1.11 bits per heavy atom. The Hall–Kier alpha value is -5.58. The second-order valence-electron chi connectivity index (χ2n) is 13.8. The highest BCUT2D eigenvalue weighted by Gasteiger charge is 2.14. The molecule has 0 fully saturated rings. The first-order valence-electron chi connectivity index (χ1n) is 17.8. The first-order valence-corrected chi connectivity index (χ1v) is 17.8. The highest BCUT2D eigenvalue weighted by Crippen LogP contribution is 2.29. The van der Waals surface area contributed by atoms with E-state index in [-0.39, 0.29) is 11.1 Å². The van der Waals surface area contributed by atoms with Crippen molar-refractivity contribution < 1.29 is 19.1 Å². The Labute approximate surface area is 313 Å². The maximum atomic E-state index is 11.5. The summed E-state index contributed by atoms with van der Waals surface area (Å²) in [6, 6.07) is 26.0. The number of primary amides is 2. The monoisotopic (exact) mass is 716 g/mol. The summed E-state index contributed by atoms with van der Waals surface area (Å²) in [4.78, 5) is 35.5. The van der Waals surface area contributed by atoms with Gasteiger partial charge < -0.3 is 30.7 Å². The average Bonchev–Trinajstić information content (AvgIpc) is 3.13. The second kappa shape index (κ2) is 19.9. The van der Waals surface area contributed by atoms with E-state index < -0.39 is 11.8 Å². The van der Waals surface area contributed by atoms with E-state index in [9.17, 15) is 9.59 Å². The number of nitrogens with zero attached hydrogens (tertiary/aromatic N) is 4. The maximum absolute atomic E-state index is 11.5. The zero-order valence-corrected chi connectivity index (χ0v) is 31.7. The highest BCUT2D eigenvalue weighted by molar-refractivity contribution is 5.95. The molecule has 0 bridgehead atoms. The van der Waals surface area contributed by atoms with Crippen LogP contribution in [0.2, 0.25) is 0 Å². The normalized spacial score (nSPS) is 11.0.